The Morgan fingerprint density at radius 3 is 2.53 bits per heavy atom. The van der Waals surface area contributed by atoms with Gasteiger partial charge in [-0.15, -0.1) is 0 Å². The molecule has 3 nitrogen and oxygen atoms in total. The smallest absolute Gasteiger partial charge is 0.319 e. The Morgan fingerprint density at radius 1 is 1.29 bits per heavy atom. The molecule has 0 aliphatic carbocycles. The van der Waals surface area contributed by atoms with E-state index in [1.54, 1.807) is 0 Å². The zero-order valence-corrected chi connectivity index (χ0v) is 9.52. The van der Waals surface area contributed by atoms with Crippen molar-refractivity contribution in [2.24, 2.45) is 0 Å². The molecule has 1 heterocycles. The Kier molecular flexibility index (Phi) is 6.15. The number of halogens is 4. The second-order valence-corrected chi connectivity index (χ2v) is 4.06. The fourth-order valence-corrected chi connectivity index (χ4v) is 1.59. The van der Waals surface area contributed by atoms with E-state index in [-0.39, 0.29) is 19.3 Å². The van der Waals surface area contributed by atoms with E-state index in [4.69, 9.17) is 4.74 Å². The number of rotatable bonds is 7. The minimum atomic E-state index is -3.96. The quantitative estimate of drug-likeness (QED) is 0.532. The lowest BCUT2D eigenvalue weighted by Crippen LogP contribution is -2.40. The largest absolute Gasteiger partial charge is 0.377 e. The molecule has 0 saturated carbocycles. The maximum absolute atomic E-state index is 12.5. The van der Waals surface area contributed by atoms with Gasteiger partial charge in [0, 0.05) is 6.54 Å². The van der Waals surface area contributed by atoms with Crippen LogP contribution in [0.2, 0.25) is 0 Å². The van der Waals surface area contributed by atoms with E-state index in [2.05, 4.69) is 10.6 Å². The van der Waals surface area contributed by atoms with Crippen molar-refractivity contribution in [3.05, 3.63) is 0 Å². The summed E-state index contributed by atoms with van der Waals surface area (Å²) in [6, 6.07) is 0. The van der Waals surface area contributed by atoms with Crippen molar-refractivity contribution >= 4 is 0 Å². The molecule has 17 heavy (non-hydrogen) atoms. The van der Waals surface area contributed by atoms with Crippen LogP contribution in [0.3, 0.4) is 0 Å². The van der Waals surface area contributed by atoms with E-state index in [0.717, 1.165) is 25.9 Å². The second kappa shape index (κ2) is 7.13. The molecule has 0 unspecified atom stereocenters. The van der Waals surface area contributed by atoms with Gasteiger partial charge in [0.15, 0.2) is 0 Å². The standard InChI is InChI=1S/C10H18F4N2O/c11-9(12)10(13,14)7-16-5-6-17-8-1-3-15-4-2-8/h8-9,15-16H,1-7H2. The second-order valence-electron chi connectivity index (χ2n) is 4.06. The van der Waals surface area contributed by atoms with Crippen molar-refractivity contribution < 1.29 is 22.3 Å². The van der Waals surface area contributed by atoms with E-state index in [9.17, 15) is 17.6 Å². The van der Waals surface area contributed by atoms with Crippen LogP contribution >= 0.6 is 0 Å². The van der Waals surface area contributed by atoms with Gasteiger partial charge in [-0.25, -0.2) is 8.78 Å². The lowest BCUT2D eigenvalue weighted by molar-refractivity contribution is -0.125. The van der Waals surface area contributed by atoms with Gasteiger partial charge in [-0.3, -0.25) is 0 Å². The highest BCUT2D eigenvalue weighted by Gasteiger charge is 2.39. The van der Waals surface area contributed by atoms with Gasteiger partial charge in [0.2, 0.25) is 0 Å². The molecular weight excluding hydrogens is 240 g/mol. The molecule has 0 radical (unpaired) electrons. The van der Waals surface area contributed by atoms with Gasteiger partial charge >= 0.3 is 12.3 Å². The van der Waals surface area contributed by atoms with Crippen molar-refractivity contribution in [3.8, 4) is 0 Å². The number of hydrogen-bond acceptors (Lipinski definition) is 3. The number of piperidine rings is 1. The molecular formula is C10H18F4N2O. The molecule has 0 spiro atoms. The first-order valence-corrected chi connectivity index (χ1v) is 5.71. The monoisotopic (exact) mass is 258 g/mol. The molecule has 1 aliphatic heterocycles. The summed E-state index contributed by atoms with van der Waals surface area (Å²) in [5.74, 6) is -3.96. The van der Waals surface area contributed by atoms with Gasteiger partial charge in [0.25, 0.3) is 0 Å². The highest BCUT2D eigenvalue weighted by atomic mass is 19.3. The summed E-state index contributed by atoms with van der Waals surface area (Å²) < 4.78 is 53.9. The van der Waals surface area contributed by atoms with Crippen LogP contribution in [0.5, 0.6) is 0 Å². The third kappa shape index (κ3) is 5.65. The van der Waals surface area contributed by atoms with E-state index in [1.807, 2.05) is 0 Å². The fraction of sp³-hybridized carbons (Fsp3) is 1.00. The molecule has 1 fully saturated rings. The molecule has 0 amide bonds. The van der Waals surface area contributed by atoms with Crippen LogP contribution in [0.4, 0.5) is 17.6 Å². The molecule has 2 N–H and O–H groups in total. The fourth-order valence-electron chi connectivity index (χ4n) is 1.59. The van der Waals surface area contributed by atoms with Crippen molar-refractivity contribution in [1.82, 2.24) is 10.6 Å². The van der Waals surface area contributed by atoms with Crippen LogP contribution in [-0.4, -0.2) is 51.2 Å². The van der Waals surface area contributed by atoms with Gasteiger partial charge in [0.1, 0.15) is 0 Å². The number of hydrogen-bond donors (Lipinski definition) is 2. The molecule has 7 heteroatoms. The number of nitrogens with one attached hydrogen (secondary N) is 2. The van der Waals surface area contributed by atoms with Crippen LogP contribution in [0.15, 0.2) is 0 Å². The van der Waals surface area contributed by atoms with E-state index < -0.39 is 18.9 Å². The van der Waals surface area contributed by atoms with Crippen LogP contribution in [-0.2, 0) is 4.74 Å². The van der Waals surface area contributed by atoms with Crippen molar-refractivity contribution in [3.63, 3.8) is 0 Å². The summed E-state index contributed by atoms with van der Waals surface area (Å²) in [4.78, 5) is 0. The van der Waals surface area contributed by atoms with Gasteiger partial charge < -0.3 is 15.4 Å². The highest BCUT2D eigenvalue weighted by molar-refractivity contribution is 4.72. The molecule has 0 atom stereocenters. The molecule has 0 aromatic heterocycles. The zero-order chi connectivity index (χ0) is 12.7. The molecule has 1 rings (SSSR count). The van der Waals surface area contributed by atoms with Crippen molar-refractivity contribution in [1.29, 1.82) is 0 Å². The van der Waals surface area contributed by atoms with Gasteiger partial charge in [-0.2, -0.15) is 8.78 Å². The third-order valence-corrected chi connectivity index (χ3v) is 2.60. The highest BCUT2D eigenvalue weighted by Crippen LogP contribution is 2.21. The average molecular weight is 258 g/mol. The lowest BCUT2D eigenvalue weighted by atomic mass is 10.1. The Morgan fingerprint density at radius 2 is 1.94 bits per heavy atom. The Balaban J connectivity index is 2.00. The summed E-state index contributed by atoms with van der Waals surface area (Å²) in [5, 5.41) is 5.45. The maximum atomic E-state index is 12.5. The normalized spacial score (nSPS) is 18.9. The van der Waals surface area contributed by atoms with Crippen LogP contribution < -0.4 is 10.6 Å². The SMILES string of the molecule is FC(F)C(F)(F)CNCCOC1CCNCC1. The Hall–Kier alpha value is -0.400. The summed E-state index contributed by atoms with van der Waals surface area (Å²) in [6.45, 7) is 1.19. The van der Waals surface area contributed by atoms with Crippen LogP contribution in [0.25, 0.3) is 0 Å². The zero-order valence-electron chi connectivity index (χ0n) is 9.52. The van der Waals surface area contributed by atoms with E-state index >= 15 is 0 Å². The van der Waals surface area contributed by atoms with Gasteiger partial charge in [0.05, 0.1) is 19.3 Å². The molecule has 102 valence electrons. The maximum Gasteiger partial charge on any atom is 0.319 e. The molecule has 0 aromatic carbocycles. The number of alkyl halides is 4. The first-order chi connectivity index (χ1) is 8.02. The first-order valence-electron chi connectivity index (χ1n) is 5.71. The summed E-state index contributed by atoms with van der Waals surface area (Å²) in [6.07, 6.45) is -1.69. The number of ether oxygens (including phenoxy) is 1. The first kappa shape index (κ1) is 14.7. The predicted octanol–water partition coefficient (Wildman–Crippen LogP) is 1.24. The topological polar surface area (TPSA) is 33.3 Å². The minimum absolute atomic E-state index is 0.147. The van der Waals surface area contributed by atoms with Gasteiger partial charge in [-0.1, -0.05) is 0 Å². The predicted molar refractivity (Wildman–Crippen MR) is 55.7 cm³/mol. The molecule has 1 aliphatic rings. The average Bonchev–Trinajstić information content (AvgIpc) is 2.29. The van der Waals surface area contributed by atoms with Crippen LogP contribution in [0, 0.1) is 0 Å². The van der Waals surface area contributed by atoms with Crippen LogP contribution in [0.1, 0.15) is 12.8 Å². The van der Waals surface area contributed by atoms with Gasteiger partial charge in [-0.05, 0) is 25.9 Å². The molecule has 0 aromatic rings. The summed E-state index contributed by atoms with van der Waals surface area (Å²) in [7, 11) is 0. The minimum Gasteiger partial charge on any atom is -0.377 e. The van der Waals surface area contributed by atoms with Crippen molar-refractivity contribution in [2.45, 2.75) is 31.3 Å². The Labute approximate surface area is 97.9 Å². The molecule has 1 saturated heterocycles. The lowest BCUT2D eigenvalue weighted by Gasteiger charge is -2.23. The third-order valence-electron chi connectivity index (χ3n) is 2.60. The Bertz CT molecular complexity index is 210. The van der Waals surface area contributed by atoms with E-state index in [0.29, 0.717) is 0 Å². The van der Waals surface area contributed by atoms with E-state index in [1.165, 1.54) is 0 Å². The molecule has 0 bridgehead atoms. The summed E-state index contributed by atoms with van der Waals surface area (Å²) >= 11 is 0. The van der Waals surface area contributed by atoms with Crippen molar-refractivity contribution in [2.75, 3.05) is 32.8 Å². The summed E-state index contributed by atoms with van der Waals surface area (Å²) in [5.41, 5.74) is 0.